The fourth-order valence-electron chi connectivity index (χ4n) is 4.49. The minimum absolute atomic E-state index is 0.191. The molecule has 8 nitrogen and oxygen atoms in total. The summed E-state index contributed by atoms with van der Waals surface area (Å²) in [6.45, 7) is 1.42. The SMILES string of the molecule is CC(=O)c1cccc(N(C(=O)Cn2nnc3ccccc32)C(C(=O)NCc2ccccc2)c2ccc(F)cc2)c1. The highest BCUT2D eigenvalue weighted by Crippen LogP contribution is 2.30. The Morgan fingerprint density at radius 3 is 2.38 bits per heavy atom. The molecule has 0 radical (unpaired) electrons. The molecular weight excluding hydrogens is 509 g/mol. The molecule has 1 heterocycles. The molecule has 0 saturated heterocycles. The highest BCUT2D eigenvalue weighted by atomic mass is 19.1. The first-order valence-corrected chi connectivity index (χ1v) is 12.7. The summed E-state index contributed by atoms with van der Waals surface area (Å²) in [5, 5.41) is 11.2. The van der Waals surface area contributed by atoms with E-state index in [4.69, 9.17) is 0 Å². The van der Waals surface area contributed by atoms with Crippen LogP contribution in [-0.2, 0) is 22.7 Å². The number of nitrogens with one attached hydrogen (secondary N) is 1. The van der Waals surface area contributed by atoms with Crippen molar-refractivity contribution in [3.05, 3.63) is 126 Å². The molecule has 0 spiro atoms. The number of fused-ring (bicyclic) bond motifs is 1. The molecule has 0 fully saturated rings. The number of amides is 2. The first-order valence-electron chi connectivity index (χ1n) is 12.7. The van der Waals surface area contributed by atoms with Crippen molar-refractivity contribution in [3.8, 4) is 0 Å². The maximum Gasteiger partial charge on any atom is 0.249 e. The van der Waals surface area contributed by atoms with Gasteiger partial charge in [0.25, 0.3) is 0 Å². The predicted octanol–water partition coefficient (Wildman–Crippen LogP) is 4.86. The van der Waals surface area contributed by atoms with E-state index >= 15 is 0 Å². The number of aromatic nitrogens is 3. The van der Waals surface area contributed by atoms with Crippen LogP contribution in [0.5, 0.6) is 0 Å². The number of hydrogen-bond acceptors (Lipinski definition) is 5. The van der Waals surface area contributed by atoms with Gasteiger partial charge in [-0.15, -0.1) is 5.10 Å². The Labute approximate surface area is 230 Å². The van der Waals surface area contributed by atoms with Gasteiger partial charge in [0, 0.05) is 17.8 Å². The summed E-state index contributed by atoms with van der Waals surface area (Å²) in [6, 6.07) is 27.4. The highest BCUT2D eigenvalue weighted by Gasteiger charge is 2.33. The number of hydrogen-bond donors (Lipinski definition) is 1. The number of anilines is 1. The zero-order valence-electron chi connectivity index (χ0n) is 21.7. The van der Waals surface area contributed by atoms with Gasteiger partial charge in [0.15, 0.2) is 5.78 Å². The van der Waals surface area contributed by atoms with E-state index in [1.165, 1.54) is 40.8 Å². The second-order valence-electron chi connectivity index (χ2n) is 9.26. The van der Waals surface area contributed by atoms with Crippen molar-refractivity contribution < 1.29 is 18.8 Å². The van der Waals surface area contributed by atoms with Crippen molar-refractivity contribution in [1.82, 2.24) is 20.3 Å². The summed E-state index contributed by atoms with van der Waals surface area (Å²) in [4.78, 5) is 41.5. The van der Waals surface area contributed by atoms with Crippen LogP contribution in [0.4, 0.5) is 10.1 Å². The summed E-state index contributed by atoms with van der Waals surface area (Å²) in [5.74, 6) is -1.61. The van der Waals surface area contributed by atoms with Crippen molar-refractivity contribution in [1.29, 1.82) is 0 Å². The number of rotatable bonds is 9. The van der Waals surface area contributed by atoms with Gasteiger partial charge in [0.2, 0.25) is 11.8 Å². The minimum Gasteiger partial charge on any atom is -0.350 e. The molecule has 1 N–H and O–H groups in total. The Balaban J connectivity index is 1.58. The first-order chi connectivity index (χ1) is 19.4. The standard InChI is InChI=1S/C31H26FN5O3/c1-21(38)24-10-7-11-26(18-24)37(29(39)20-36-28-13-6-5-12-27(28)34-35-36)30(23-14-16-25(32)17-15-23)31(40)33-19-22-8-3-2-4-9-22/h2-18,30H,19-20H2,1H3,(H,33,40). The van der Waals surface area contributed by atoms with E-state index in [0.29, 0.717) is 27.8 Å². The van der Waals surface area contributed by atoms with Gasteiger partial charge in [-0.1, -0.05) is 71.9 Å². The van der Waals surface area contributed by atoms with Gasteiger partial charge in [0.1, 0.15) is 23.9 Å². The molecule has 0 aliphatic heterocycles. The Hall–Kier alpha value is -5.18. The number of halogens is 1. The van der Waals surface area contributed by atoms with E-state index in [1.807, 2.05) is 42.5 Å². The van der Waals surface area contributed by atoms with Crippen LogP contribution in [-0.4, -0.2) is 32.6 Å². The molecule has 40 heavy (non-hydrogen) atoms. The zero-order valence-corrected chi connectivity index (χ0v) is 21.7. The van der Waals surface area contributed by atoms with Crippen molar-refractivity contribution in [2.75, 3.05) is 4.90 Å². The van der Waals surface area contributed by atoms with Crippen molar-refractivity contribution in [2.24, 2.45) is 0 Å². The van der Waals surface area contributed by atoms with E-state index < -0.39 is 23.7 Å². The molecule has 4 aromatic carbocycles. The van der Waals surface area contributed by atoms with Crippen LogP contribution in [0.3, 0.4) is 0 Å². The van der Waals surface area contributed by atoms with Gasteiger partial charge >= 0.3 is 0 Å². The molecule has 0 aliphatic rings. The topological polar surface area (TPSA) is 97.2 Å². The molecule has 1 unspecified atom stereocenters. The van der Waals surface area contributed by atoms with Gasteiger partial charge < -0.3 is 5.32 Å². The van der Waals surface area contributed by atoms with Gasteiger partial charge in [-0.25, -0.2) is 9.07 Å². The molecule has 1 aromatic heterocycles. The van der Waals surface area contributed by atoms with Crippen LogP contribution >= 0.6 is 0 Å². The number of carbonyl (C=O) groups is 3. The fraction of sp³-hybridized carbons (Fsp3) is 0.129. The second-order valence-corrected chi connectivity index (χ2v) is 9.26. The lowest BCUT2D eigenvalue weighted by molar-refractivity contribution is -0.127. The summed E-state index contributed by atoms with van der Waals surface area (Å²) in [5.41, 5.74) is 3.27. The molecule has 5 aromatic rings. The smallest absolute Gasteiger partial charge is 0.249 e. The molecule has 0 bridgehead atoms. The number of ketones is 1. The highest BCUT2D eigenvalue weighted by molar-refractivity contribution is 6.03. The van der Waals surface area contributed by atoms with E-state index in [2.05, 4.69) is 15.6 Å². The number of para-hydroxylation sites is 1. The molecule has 1 atom stereocenters. The summed E-state index contributed by atoms with van der Waals surface area (Å²) < 4.78 is 15.4. The average molecular weight is 536 g/mol. The van der Waals surface area contributed by atoms with Gasteiger partial charge in [-0.05, 0) is 54.4 Å². The fourth-order valence-corrected chi connectivity index (χ4v) is 4.49. The lowest BCUT2D eigenvalue weighted by Crippen LogP contribution is -2.45. The minimum atomic E-state index is -1.17. The average Bonchev–Trinajstić information content (AvgIpc) is 3.38. The van der Waals surface area contributed by atoms with E-state index in [-0.39, 0.29) is 18.9 Å². The van der Waals surface area contributed by atoms with Crippen LogP contribution in [0.25, 0.3) is 11.0 Å². The number of benzene rings is 4. The van der Waals surface area contributed by atoms with Crippen molar-refractivity contribution in [3.63, 3.8) is 0 Å². The Bertz CT molecular complexity index is 1670. The molecule has 0 aliphatic carbocycles. The van der Waals surface area contributed by atoms with Crippen LogP contribution in [0, 0.1) is 5.82 Å². The van der Waals surface area contributed by atoms with Crippen molar-refractivity contribution in [2.45, 2.75) is 26.1 Å². The molecule has 9 heteroatoms. The second kappa shape index (κ2) is 11.7. The van der Waals surface area contributed by atoms with E-state index in [0.717, 1.165) is 5.56 Å². The maximum atomic E-state index is 14.1. The molecule has 2 amide bonds. The van der Waals surface area contributed by atoms with Gasteiger partial charge in [-0.2, -0.15) is 0 Å². The van der Waals surface area contributed by atoms with Crippen LogP contribution in [0.2, 0.25) is 0 Å². The molecule has 5 rings (SSSR count). The number of nitrogens with zero attached hydrogens (tertiary/aromatic N) is 4. The third-order valence-corrected chi connectivity index (χ3v) is 6.51. The van der Waals surface area contributed by atoms with E-state index in [9.17, 15) is 18.8 Å². The monoisotopic (exact) mass is 535 g/mol. The first kappa shape index (κ1) is 26.4. The Morgan fingerprint density at radius 1 is 0.900 bits per heavy atom. The predicted molar refractivity (Wildman–Crippen MR) is 149 cm³/mol. The molecular formula is C31H26FN5O3. The van der Waals surface area contributed by atoms with Crippen LogP contribution in [0.15, 0.2) is 103 Å². The number of Topliss-reactive ketones (excluding diaryl/α,β-unsaturated/α-hetero) is 1. The maximum absolute atomic E-state index is 14.1. The summed E-state index contributed by atoms with van der Waals surface area (Å²) in [6.07, 6.45) is 0. The molecule has 200 valence electrons. The number of carbonyl (C=O) groups excluding carboxylic acids is 3. The van der Waals surface area contributed by atoms with E-state index in [1.54, 1.807) is 36.4 Å². The lowest BCUT2D eigenvalue weighted by Gasteiger charge is -2.32. The van der Waals surface area contributed by atoms with Gasteiger partial charge in [-0.3, -0.25) is 19.3 Å². The third-order valence-electron chi connectivity index (χ3n) is 6.51. The normalized spacial score (nSPS) is 11.7. The summed E-state index contributed by atoms with van der Waals surface area (Å²) >= 11 is 0. The lowest BCUT2D eigenvalue weighted by atomic mass is 10.0. The van der Waals surface area contributed by atoms with Crippen molar-refractivity contribution >= 4 is 34.3 Å². The van der Waals surface area contributed by atoms with Gasteiger partial charge in [0.05, 0.1) is 5.52 Å². The Morgan fingerprint density at radius 2 is 1.62 bits per heavy atom. The molecule has 0 saturated carbocycles. The zero-order chi connectivity index (χ0) is 28.1. The summed E-state index contributed by atoms with van der Waals surface area (Å²) in [7, 11) is 0. The quantitative estimate of drug-likeness (QED) is 0.272. The van der Waals surface area contributed by atoms with Crippen LogP contribution in [0.1, 0.15) is 34.5 Å². The van der Waals surface area contributed by atoms with Crippen LogP contribution < -0.4 is 10.2 Å². The largest absolute Gasteiger partial charge is 0.350 e. The third kappa shape index (κ3) is 5.78. The Kier molecular flexibility index (Phi) is 7.72.